The van der Waals surface area contributed by atoms with Gasteiger partial charge in [-0.1, -0.05) is 85.8 Å². The molecule has 0 amide bonds. The van der Waals surface area contributed by atoms with Crippen LogP contribution in [0.25, 0.3) is 0 Å². The molecule has 56 heavy (non-hydrogen) atoms. The number of esters is 1. The van der Waals surface area contributed by atoms with Crippen molar-refractivity contribution in [1.82, 2.24) is 0 Å². The minimum Gasteiger partial charge on any atom is -0.458 e. The molecule has 0 aromatic heterocycles. The third kappa shape index (κ3) is 11.7. The maximum atomic E-state index is 13.6. The fraction of sp³-hybridized carbons (Fsp3) is 0.800. The molecule has 17 atom stereocenters. The van der Waals surface area contributed by atoms with E-state index >= 15 is 0 Å². The highest BCUT2D eigenvalue weighted by atomic mass is 16.7. The zero-order valence-corrected chi connectivity index (χ0v) is 35.7. The van der Waals surface area contributed by atoms with Crippen LogP contribution in [0.15, 0.2) is 36.5 Å². The number of ketones is 2. The molecule has 2 fully saturated rings. The lowest BCUT2D eigenvalue weighted by Gasteiger charge is -2.55. The summed E-state index contributed by atoms with van der Waals surface area (Å²) < 4.78 is 20.1. The highest BCUT2D eigenvalue weighted by molar-refractivity contribution is 5.91. The molecular weight excluding hydrogens is 716 g/mol. The molecule has 3 aliphatic rings. The Bertz CT molecular complexity index is 1370. The minimum absolute atomic E-state index is 0.156. The van der Waals surface area contributed by atoms with E-state index in [0.29, 0.717) is 32.1 Å². The van der Waals surface area contributed by atoms with Crippen LogP contribution in [0, 0.1) is 47.3 Å². The summed E-state index contributed by atoms with van der Waals surface area (Å²) in [7, 11) is 0. The highest BCUT2D eigenvalue weighted by Gasteiger charge is 2.56. The van der Waals surface area contributed by atoms with Gasteiger partial charge in [0, 0.05) is 42.1 Å². The van der Waals surface area contributed by atoms with Gasteiger partial charge in [0.25, 0.3) is 0 Å². The van der Waals surface area contributed by atoms with Gasteiger partial charge in [0.15, 0.2) is 11.6 Å². The van der Waals surface area contributed by atoms with Gasteiger partial charge >= 0.3 is 5.97 Å². The summed E-state index contributed by atoms with van der Waals surface area (Å²) in [4.78, 5) is 40.6. The van der Waals surface area contributed by atoms with E-state index in [-0.39, 0.29) is 30.0 Å². The molecule has 11 heteroatoms. The van der Waals surface area contributed by atoms with Crippen molar-refractivity contribution in [2.75, 3.05) is 0 Å². The number of aliphatic hydroxyl groups excluding tert-OH is 4. The number of aliphatic hydroxyl groups is 5. The summed E-state index contributed by atoms with van der Waals surface area (Å²) in [6.07, 6.45) is 11.3. The van der Waals surface area contributed by atoms with Gasteiger partial charge < -0.3 is 39.7 Å². The number of hydrogen-bond donors (Lipinski definition) is 5. The molecule has 3 unspecified atom stereocenters. The minimum atomic E-state index is -2.18. The van der Waals surface area contributed by atoms with Crippen LogP contribution in [-0.2, 0) is 28.6 Å². The fourth-order valence-electron chi connectivity index (χ4n) is 9.23. The van der Waals surface area contributed by atoms with E-state index in [1.54, 1.807) is 20.8 Å². The number of hydrogen-bond acceptors (Lipinski definition) is 11. The third-order valence-corrected chi connectivity index (χ3v) is 13.2. The topological polar surface area (TPSA) is 180 Å². The van der Waals surface area contributed by atoms with Gasteiger partial charge in [0.1, 0.15) is 17.5 Å². The molecule has 0 aromatic rings. The van der Waals surface area contributed by atoms with Crippen molar-refractivity contribution in [3.8, 4) is 0 Å². The van der Waals surface area contributed by atoms with E-state index < -0.39 is 89.0 Å². The number of fused-ring (bicyclic) bond motifs is 2. The van der Waals surface area contributed by atoms with Crippen molar-refractivity contribution in [2.24, 2.45) is 47.3 Å². The second kappa shape index (κ2) is 21.1. The summed E-state index contributed by atoms with van der Waals surface area (Å²) in [6, 6.07) is 0. The predicted octanol–water partition coefficient (Wildman–Crippen LogP) is 6.03. The maximum absolute atomic E-state index is 13.6. The van der Waals surface area contributed by atoms with E-state index in [1.807, 2.05) is 25.2 Å². The molecule has 11 nitrogen and oxygen atoms in total. The smallest absolute Gasteiger partial charge is 0.330 e. The number of carbonyl (C=O) groups excluding carboxylic acids is 3. The molecule has 3 heterocycles. The van der Waals surface area contributed by atoms with Gasteiger partial charge in [-0.05, 0) is 77.0 Å². The van der Waals surface area contributed by atoms with E-state index in [0.717, 1.165) is 25.7 Å². The first kappa shape index (κ1) is 48.1. The molecule has 320 valence electrons. The lowest BCUT2D eigenvalue weighted by atomic mass is 9.74. The normalized spacial score (nSPS) is 45.4. The Morgan fingerprint density at radius 3 is 2.14 bits per heavy atom. The zero-order valence-electron chi connectivity index (χ0n) is 35.7. The van der Waals surface area contributed by atoms with Gasteiger partial charge in [-0.15, -0.1) is 0 Å². The first-order chi connectivity index (χ1) is 26.2. The van der Waals surface area contributed by atoms with Crippen molar-refractivity contribution in [2.45, 2.75) is 181 Å². The zero-order chi connectivity index (χ0) is 42.1. The summed E-state index contributed by atoms with van der Waals surface area (Å²) >= 11 is 0. The molecule has 0 saturated carbocycles. The molecule has 2 saturated heterocycles. The first-order valence-corrected chi connectivity index (χ1v) is 21.3. The molecule has 2 bridgehead atoms. The predicted molar refractivity (Wildman–Crippen MR) is 215 cm³/mol. The molecule has 3 aliphatic heterocycles. The second-order valence-electron chi connectivity index (χ2n) is 17.7. The van der Waals surface area contributed by atoms with E-state index in [1.165, 1.54) is 39.8 Å². The molecule has 3 rings (SSSR count). The Morgan fingerprint density at radius 1 is 0.857 bits per heavy atom. The van der Waals surface area contributed by atoms with Crippen molar-refractivity contribution in [1.29, 1.82) is 0 Å². The molecular formula is C45H74O11. The summed E-state index contributed by atoms with van der Waals surface area (Å²) in [5.41, 5.74) is -2.18. The first-order valence-electron chi connectivity index (χ1n) is 21.3. The number of ether oxygens (including phenoxy) is 3. The van der Waals surface area contributed by atoms with Crippen LogP contribution < -0.4 is 0 Å². The van der Waals surface area contributed by atoms with Gasteiger partial charge in [0.2, 0.25) is 0 Å². The summed E-state index contributed by atoms with van der Waals surface area (Å²) in [5, 5.41) is 55.0. The van der Waals surface area contributed by atoms with Crippen LogP contribution in [0.2, 0.25) is 0 Å². The molecule has 0 aromatic carbocycles. The summed E-state index contributed by atoms with van der Waals surface area (Å²) in [6.45, 7) is 17.1. The maximum Gasteiger partial charge on any atom is 0.330 e. The van der Waals surface area contributed by atoms with Crippen LogP contribution >= 0.6 is 0 Å². The average Bonchev–Trinajstić information content (AvgIpc) is 3.16. The monoisotopic (exact) mass is 791 g/mol. The van der Waals surface area contributed by atoms with E-state index in [2.05, 4.69) is 19.9 Å². The SMILES string of the molecule is CC[C@@H]1/C=C/C=C/C[C@H](C)[C@@H](O)[C@](C)(O)C(=O)[C@H](C)[C@@H](O)[C@H](C)C(=O)[C@H](C)[C@@H](O)[C@H](C)/C=C/C(=O)OC2[C@@H](C)C(CC1)O[C@@]1(CCC[C@@H](CC(C)O)O1)[C@@H]2CC. The van der Waals surface area contributed by atoms with E-state index in [4.69, 9.17) is 14.2 Å². The number of rotatable bonds is 4. The lowest BCUT2D eigenvalue weighted by Crippen LogP contribution is -2.62. The second-order valence-corrected chi connectivity index (χ2v) is 17.7. The third-order valence-electron chi connectivity index (χ3n) is 13.2. The Labute approximate surface area is 336 Å². The Kier molecular flexibility index (Phi) is 18.2. The Balaban J connectivity index is 2.00. The van der Waals surface area contributed by atoms with Gasteiger partial charge in [0.05, 0.1) is 42.5 Å². The van der Waals surface area contributed by atoms with Crippen LogP contribution in [0.4, 0.5) is 0 Å². The molecule has 0 radical (unpaired) electrons. The largest absolute Gasteiger partial charge is 0.458 e. The highest BCUT2D eigenvalue weighted by Crippen LogP contribution is 2.49. The van der Waals surface area contributed by atoms with Crippen LogP contribution in [0.1, 0.15) is 127 Å². The van der Waals surface area contributed by atoms with Gasteiger partial charge in [-0.25, -0.2) is 4.79 Å². The number of Topliss-reactive ketones (excluding diaryl/α,β-unsaturated/α-hetero) is 2. The van der Waals surface area contributed by atoms with Crippen LogP contribution in [0.5, 0.6) is 0 Å². The number of carbonyl (C=O) groups is 3. The van der Waals surface area contributed by atoms with Gasteiger partial charge in [-0.3, -0.25) is 9.59 Å². The van der Waals surface area contributed by atoms with Gasteiger partial charge in [-0.2, -0.15) is 0 Å². The molecule has 5 N–H and O–H groups in total. The number of allylic oxidation sites excluding steroid dienone is 4. The Morgan fingerprint density at radius 2 is 1.52 bits per heavy atom. The van der Waals surface area contributed by atoms with Crippen LogP contribution in [-0.4, -0.2) is 97.2 Å². The van der Waals surface area contributed by atoms with Crippen molar-refractivity contribution < 1.29 is 54.1 Å². The van der Waals surface area contributed by atoms with E-state index in [9.17, 15) is 39.9 Å². The lowest BCUT2D eigenvalue weighted by molar-refractivity contribution is -0.368. The van der Waals surface area contributed by atoms with Crippen molar-refractivity contribution >= 4 is 17.5 Å². The van der Waals surface area contributed by atoms with Crippen LogP contribution in [0.3, 0.4) is 0 Å². The average molecular weight is 791 g/mol. The van der Waals surface area contributed by atoms with Crippen molar-refractivity contribution in [3.63, 3.8) is 0 Å². The molecule has 1 spiro atoms. The fourth-order valence-corrected chi connectivity index (χ4v) is 9.23. The quantitative estimate of drug-likeness (QED) is 0.210. The van der Waals surface area contributed by atoms with Crippen molar-refractivity contribution in [3.05, 3.63) is 36.5 Å². The molecule has 0 aliphatic carbocycles. The Hall–Kier alpha value is -2.25. The standard InChI is InChI=1S/C45H74O11/c1-11-33-18-15-13-14-17-27(4)42(51)44(10,53)43(52)32(9)40(50)31(8)39(49)30(7)38(48)26(3)20-23-37(47)54-41-29(6)36(22-21-33)56-45(35(41)12-2)24-16-19-34(55-45)25-28(5)46/h13-15,18,20,23,26-36,38,40-42,46,48,50-51,53H,11-12,16-17,19,21-22,24-25H2,1-10H3/b14-13+,18-15+,23-20+/t26-,27+,28?,29+,30-,31-,32-,33-,34+,35-,36?,38+,40+,41?,42-,44+,45+/m1/s1. The summed E-state index contributed by atoms with van der Waals surface area (Å²) in [5.74, 6) is -7.37.